The number of aryl methyl sites for hydroxylation is 1. The third kappa shape index (κ3) is 3.59. The van der Waals surface area contributed by atoms with Gasteiger partial charge in [0.15, 0.2) is 23.4 Å². The highest BCUT2D eigenvalue weighted by Gasteiger charge is 2.20. The summed E-state index contributed by atoms with van der Waals surface area (Å²) in [5.74, 6) is 0.269. The van der Waals surface area contributed by atoms with Gasteiger partial charge in [0, 0.05) is 17.7 Å². The van der Waals surface area contributed by atoms with Crippen LogP contribution in [0.15, 0.2) is 57.7 Å². The van der Waals surface area contributed by atoms with E-state index in [1.165, 1.54) is 0 Å². The highest BCUT2D eigenvalue weighted by atomic mass is 16.5. The topological polar surface area (TPSA) is 100 Å². The van der Waals surface area contributed by atoms with Gasteiger partial charge in [-0.2, -0.15) is 0 Å². The van der Waals surface area contributed by atoms with Crippen molar-refractivity contribution in [3.63, 3.8) is 0 Å². The van der Waals surface area contributed by atoms with Crippen molar-refractivity contribution in [1.29, 1.82) is 0 Å². The van der Waals surface area contributed by atoms with Crippen molar-refractivity contribution < 1.29 is 13.9 Å². The van der Waals surface area contributed by atoms with E-state index < -0.39 is 5.97 Å². The van der Waals surface area contributed by atoms with Crippen LogP contribution in [0.25, 0.3) is 22.3 Å². The second kappa shape index (κ2) is 8.28. The SMILES string of the molecule is CCCn1nnnc1COC(=O)c1cccc2c(=O)c(C)c(-c3ccccc3)oc12. The average Bonchev–Trinajstić information content (AvgIpc) is 3.22. The fraction of sp³-hybridized carbons (Fsp3) is 0.227. The number of aromatic nitrogens is 4. The molecule has 0 N–H and O–H groups in total. The van der Waals surface area contributed by atoms with Crippen molar-refractivity contribution in [3.05, 3.63) is 75.7 Å². The van der Waals surface area contributed by atoms with Crippen LogP contribution >= 0.6 is 0 Å². The Kier molecular flexibility index (Phi) is 5.38. The van der Waals surface area contributed by atoms with Crippen LogP contribution in [-0.4, -0.2) is 26.2 Å². The van der Waals surface area contributed by atoms with Gasteiger partial charge in [0.25, 0.3) is 0 Å². The first-order valence-corrected chi connectivity index (χ1v) is 9.64. The molecule has 2 aromatic carbocycles. The van der Waals surface area contributed by atoms with Crippen molar-refractivity contribution in [2.45, 2.75) is 33.4 Å². The van der Waals surface area contributed by atoms with Crippen molar-refractivity contribution in [2.24, 2.45) is 0 Å². The number of tetrazole rings is 1. The maximum Gasteiger partial charge on any atom is 0.342 e. The van der Waals surface area contributed by atoms with Crippen LogP contribution in [0.1, 0.15) is 35.1 Å². The Bertz CT molecular complexity index is 1260. The molecule has 0 aliphatic carbocycles. The molecule has 0 spiro atoms. The molecular formula is C22H20N4O4. The summed E-state index contributed by atoms with van der Waals surface area (Å²) in [6.45, 7) is 4.26. The van der Waals surface area contributed by atoms with Gasteiger partial charge in [-0.25, -0.2) is 9.48 Å². The molecule has 4 aromatic rings. The summed E-state index contributed by atoms with van der Waals surface area (Å²) in [7, 11) is 0. The van der Waals surface area contributed by atoms with E-state index >= 15 is 0 Å². The highest BCUT2D eigenvalue weighted by Crippen LogP contribution is 2.27. The number of para-hydroxylation sites is 1. The second-order valence-electron chi connectivity index (χ2n) is 6.83. The van der Waals surface area contributed by atoms with E-state index in [1.807, 2.05) is 37.3 Å². The third-order valence-electron chi connectivity index (χ3n) is 4.77. The lowest BCUT2D eigenvalue weighted by molar-refractivity contribution is 0.0457. The quantitative estimate of drug-likeness (QED) is 0.453. The predicted octanol–water partition coefficient (Wildman–Crippen LogP) is 3.52. The molecule has 0 atom stereocenters. The molecule has 8 nitrogen and oxygen atoms in total. The fourth-order valence-electron chi connectivity index (χ4n) is 3.26. The Balaban J connectivity index is 1.72. The molecule has 0 unspecified atom stereocenters. The number of nitrogens with zero attached hydrogens (tertiary/aromatic N) is 4. The number of esters is 1. The van der Waals surface area contributed by atoms with Gasteiger partial charge in [0.05, 0.1) is 5.39 Å². The first-order chi connectivity index (χ1) is 14.6. The number of fused-ring (bicyclic) bond motifs is 1. The molecule has 0 saturated carbocycles. The third-order valence-corrected chi connectivity index (χ3v) is 4.77. The Morgan fingerprint density at radius 1 is 1.13 bits per heavy atom. The van der Waals surface area contributed by atoms with E-state index in [-0.39, 0.29) is 23.2 Å². The van der Waals surface area contributed by atoms with E-state index in [2.05, 4.69) is 15.5 Å². The minimum absolute atomic E-state index is 0.0795. The number of hydrogen-bond donors (Lipinski definition) is 0. The molecule has 2 heterocycles. The zero-order valence-electron chi connectivity index (χ0n) is 16.7. The van der Waals surface area contributed by atoms with Crippen molar-refractivity contribution >= 4 is 16.9 Å². The van der Waals surface area contributed by atoms with Crippen molar-refractivity contribution in [1.82, 2.24) is 20.2 Å². The van der Waals surface area contributed by atoms with Gasteiger partial charge in [0.2, 0.25) is 0 Å². The monoisotopic (exact) mass is 404 g/mol. The van der Waals surface area contributed by atoms with E-state index in [0.717, 1.165) is 12.0 Å². The van der Waals surface area contributed by atoms with Crippen molar-refractivity contribution in [3.8, 4) is 11.3 Å². The van der Waals surface area contributed by atoms with Crippen LogP contribution in [0.3, 0.4) is 0 Å². The van der Waals surface area contributed by atoms with Crippen LogP contribution < -0.4 is 5.43 Å². The van der Waals surface area contributed by atoms with Gasteiger partial charge in [-0.3, -0.25) is 4.79 Å². The molecule has 4 rings (SSSR count). The van der Waals surface area contributed by atoms with Crippen LogP contribution in [0, 0.1) is 6.92 Å². The Morgan fingerprint density at radius 3 is 2.70 bits per heavy atom. The number of benzene rings is 2. The van der Waals surface area contributed by atoms with Gasteiger partial charge >= 0.3 is 5.97 Å². The maximum absolute atomic E-state index is 12.9. The van der Waals surface area contributed by atoms with Crippen molar-refractivity contribution in [2.75, 3.05) is 0 Å². The van der Waals surface area contributed by atoms with E-state index in [9.17, 15) is 9.59 Å². The zero-order chi connectivity index (χ0) is 21.1. The zero-order valence-corrected chi connectivity index (χ0v) is 16.7. The van der Waals surface area contributed by atoms with E-state index in [1.54, 1.807) is 29.8 Å². The minimum Gasteiger partial charge on any atom is -0.455 e. The molecule has 0 amide bonds. The highest BCUT2D eigenvalue weighted by molar-refractivity contribution is 6.02. The molecule has 30 heavy (non-hydrogen) atoms. The van der Waals surface area contributed by atoms with Crippen LogP contribution in [0.4, 0.5) is 0 Å². The van der Waals surface area contributed by atoms with E-state index in [0.29, 0.717) is 29.1 Å². The maximum atomic E-state index is 12.9. The fourth-order valence-corrected chi connectivity index (χ4v) is 3.26. The molecule has 0 bridgehead atoms. The molecule has 0 fully saturated rings. The normalized spacial score (nSPS) is 11.0. The Labute approximate surface area is 172 Å². The standard InChI is InChI=1S/C22H20N4O4/c1-3-12-26-18(23-24-25-26)13-29-22(28)17-11-7-10-16-19(27)14(2)20(30-21(16)17)15-8-5-4-6-9-15/h4-11H,3,12-13H2,1-2H3. The number of ether oxygens (including phenoxy) is 1. The largest absolute Gasteiger partial charge is 0.455 e. The predicted molar refractivity (Wildman–Crippen MR) is 110 cm³/mol. The summed E-state index contributed by atoms with van der Waals surface area (Å²) in [4.78, 5) is 25.7. The van der Waals surface area contributed by atoms with Gasteiger partial charge in [-0.1, -0.05) is 43.3 Å². The lowest BCUT2D eigenvalue weighted by Crippen LogP contribution is -2.13. The molecule has 8 heteroatoms. The number of carbonyl (C=O) groups excluding carboxylic acids is 1. The lowest BCUT2D eigenvalue weighted by Gasteiger charge is -2.10. The van der Waals surface area contributed by atoms with Gasteiger partial charge < -0.3 is 9.15 Å². The summed E-state index contributed by atoms with van der Waals surface area (Å²) in [6.07, 6.45) is 0.849. The molecule has 0 aliphatic rings. The van der Waals surface area contributed by atoms with E-state index in [4.69, 9.17) is 9.15 Å². The summed E-state index contributed by atoms with van der Waals surface area (Å²) in [6, 6.07) is 14.2. The second-order valence-corrected chi connectivity index (χ2v) is 6.83. The minimum atomic E-state index is -0.613. The molecule has 0 aliphatic heterocycles. The Morgan fingerprint density at radius 2 is 1.93 bits per heavy atom. The summed E-state index contributed by atoms with van der Waals surface area (Å²) in [5.41, 5.74) is 1.44. The molecule has 0 radical (unpaired) electrons. The van der Waals surface area contributed by atoms with Gasteiger partial charge in [0.1, 0.15) is 11.3 Å². The number of carbonyl (C=O) groups is 1. The molecule has 2 aromatic heterocycles. The first-order valence-electron chi connectivity index (χ1n) is 9.64. The van der Waals surface area contributed by atoms with Crippen LogP contribution in [0.5, 0.6) is 0 Å². The molecular weight excluding hydrogens is 384 g/mol. The van der Waals surface area contributed by atoms with Gasteiger partial charge in [-0.15, -0.1) is 5.10 Å². The summed E-state index contributed by atoms with van der Waals surface area (Å²) in [5, 5.41) is 11.7. The summed E-state index contributed by atoms with van der Waals surface area (Å²) >= 11 is 0. The first kappa shape index (κ1) is 19.5. The van der Waals surface area contributed by atoms with Crippen LogP contribution in [0.2, 0.25) is 0 Å². The lowest BCUT2D eigenvalue weighted by atomic mass is 10.0. The number of rotatable bonds is 6. The van der Waals surface area contributed by atoms with Crippen LogP contribution in [-0.2, 0) is 17.9 Å². The van der Waals surface area contributed by atoms with Gasteiger partial charge in [-0.05, 0) is 35.9 Å². The average molecular weight is 404 g/mol. The molecule has 0 saturated heterocycles. The summed E-state index contributed by atoms with van der Waals surface area (Å²) < 4.78 is 13.1. The Hall–Kier alpha value is -3.81. The number of hydrogen-bond acceptors (Lipinski definition) is 7. The smallest absolute Gasteiger partial charge is 0.342 e. The molecule has 152 valence electrons.